The predicted molar refractivity (Wildman–Crippen MR) is 55.2 cm³/mol. The number of aromatic amines is 1. The summed E-state index contributed by atoms with van der Waals surface area (Å²) in [5.41, 5.74) is 0.0998. The first kappa shape index (κ1) is 10.8. The van der Waals surface area contributed by atoms with Gasteiger partial charge in [-0.2, -0.15) is 5.10 Å². The van der Waals surface area contributed by atoms with Crippen molar-refractivity contribution in [1.29, 1.82) is 0 Å². The lowest BCUT2D eigenvalue weighted by Gasteiger charge is -2.03. The van der Waals surface area contributed by atoms with Gasteiger partial charge in [-0.1, -0.05) is 11.6 Å². The average molecular weight is 243 g/mol. The van der Waals surface area contributed by atoms with Crippen LogP contribution in [0.4, 0.5) is 8.78 Å². The maximum absolute atomic E-state index is 13.0. The first-order valence-corrected chi connectivity index (χ1v) is 4.66. The van der Waals surface area contributed by atoms with Crippen LogP contribution in [-0.2, 0) is 0 Å². The molecule has 82 valence electrons. The van der Waals surface area contributed by atoms with Gasteiger partial charge >= 0.3 is 0 Å². The molecule has 3 nitrogen and oxygen atoms in total. The fraction of sp³-hybridized carbons (Fsp3) is 0. The molecule has 6 heteroatoms. The molecule has 2 aromatic rings. The normalized spacial score (nSPS) is 10.4. The minimum Gasteiger partial charge on any atom is -0.268 e. The summed E-state index contributed by atoms with van der Waals surface area (Å²) in [6, 6.07) is 4.38. The SMILES string of the molecule is O=c1ccc(-c2cc(F)c(F)cc2Cl)n[nH]1. The van der Waals surface area contributed by atoms with Crippen LogP contribution in [0.1, 0.15) is 0 Å². The van der Waals surface area contributed by atoms with E-state index in [1.165, 1.54) is 12.1 Å². The van der Waals surface area contributed by atoms with Gasteiger partial charge in [0, 0.05) is 11.6 Å². The summed E-state index contributed by atoms with van der Waals surface area (Å²) in [5, 5.41) is 5.87. The van der Waals surface area contributed by atoms with Crippen molar-refractivity contribution in [2.75, 3.05) is 0 Å². The van der Waals surface area contributed by atoms with Gasteiger partial charge in [0.2, 0.25) is 0 Å². The van der Waals surface area contributed by atoms with Crippen LogP contribution in [0.25, 0.3) is 11.3 Å². The van der Waals surface area contributed by atoms with Crippen molar-refractivity contribution in [2.24, 2.45) is 0 Å². The highest BCUT2D eigenvalue weighted by Crippen LogP contribution is 2.27. The second-order valence-corrected chi connectivity index (χ2v) is 3.46. The Morgan fingerprint density at radius 2 is 1.88 bits per heavy atom. The Morgan fingerprint density at radius 3 is 2.50 bits per heavy atom. The highest BCUT2D eigenvalue weighted by atomic mass is 35.5. The quantitative estimate of drug-likeness (QED) is 0.781. The van der Waals surface area contributed by atoms with E-state index in [-0.39, 0.29) is 21.8 Å². The number of rotatable bonds is 1. The van der Waals surface area contributed by atoms with Crippen LogP contribution >= 0.6 is 11.6 Å². The molecule has 0 saturated heterocycles. The molecule has 0 unspecified atom stereocenters. The zero-order valence-electron chi connectivity index (χ0n) is 7.80. The van der Waals surface area contributed by atoms with Crippen molar-refractivity contribution < 1.29 is 8.78 Å². The van der Waals surface area contributed by atoms with Crippen molar-refractivity contribution in [3.05, 3.63) is 51.3 Å². The zero-order valence-corrected chi connectivity index (χ0v) is 8.55. The van der Waals surface area contributed by atoms with E-state index in [1.54, 1.807) is 0 Å². The molecular formula is C10H5ClF2N2O. The van der Waals surface area contributed by atoms with E-state index in [1.807, 2.05) is 0 Å². The Kier molecular flexibility index (Phi) is 2.70. The Hall–Kier alpha value is -1.75. The Balaban J connectivity index is 2.60. The Morgan fingerprint density at radius 1 is 1.19 bits per heavy atom. The van der Waals surface area contributed by atoms with Gasteiger partial charge in [0.15, 0.2) is 11.6 Å². The smallest absolute Gasteiger partial charge is 0.264 e. The molecule has 0 saturated carbocycles. The van der Waals surface area contributed by atoms with Gasteiger partial charge in [0.1, 0.15) is 0 Å². The van der Waals surface area contributed by atoms with Gasteiger partial charge in [-0.3, -0.25) is 4.79 Å². The van der Waals surface area contributed by atoms with Crippen LogP contribution in [-0.4, -0.2) is 10.2 Å². The van der Waals surface area contributed by atoms with E-state index in [9.17, 15) is 13.6 Å². The number of hydrogen-bond donors (Lipinski definition) is 1. The molecule has 1 aromatic carbocycles. The fourth-order valence-corrected chi connectivity index (χ4v) is 1.46. The minimum atomic E-state index is -1.03. The standard InChI is InChI=1S/C10H5ClF2N2O/c11-6-4-8(13)7(12)3-5(6)9-1-2-10(16)15-14-9/h1-4H,(H,15,16). The number of aromatic nitrogens is 2. The summed E-state index contributed by atoms with van der Waals surface area (Å²) in [6.45, 7) is 0. The topological polar surface area (TPSA) is 45.8 Å². The second-order valence-electron chi connectivity index (χ2n) is 3.05. The third-order valence-corrected chi connectivity index (χ3v) is 2.28. The minimum absolute atomic E-state index is 0.0263. The van der Waals surface area contributed by atoms with E-state index in [0.717, 1.165) is 12.1 Å². The van der Waals surface area contributed by atoms with E-state index in [0.29, 0.717) is 0 Å². The van der Waals surface area contributed by atoms with Gasteiger partial charge in [-0.25, -0.2) is 13.9 Å². The lowest BCUT2D eigenvalue weighted by Crippen LogP contribution is -2.05. The molecule has 1 aromatic heterocycles. The lowest BCUT2D eigenvalue weighted by atomic mass is 10.1. The van der Waals surface area contributed by atoms with Crippen molar-refractivity contribution in [3.8, 4) is 11.3 Å². The third kappa shape index (κ3) is 1.94. The monoisotopic (exact) mass is 242 g/mol. The van der Waals surface area contributed by atoms with Gasteiger partial charge in [-0.05, 0) is 18.2 Å². The molecule has 1 N–H and O–H groups in total. The first-order valence-electron chi connectivity index (χ1n) is 4.28. The van der Waals surface area contributed by atoms with Crippen molar-refractivity contribution in [3.63, 3.8) is 0 Å². The van der Waals surface area contributed by atoms with Gasteiger partial charge in [-0.15, -0.1) is 0 Å². The highest BCUT2D eigenvalue weighted by Gasteiger charge is 2.11. The maximum atomic E-state index is 13.0. The largest absolute Gasteiger partial charge is 0.268 e. The molecular weight excluding hydrogens is 238 g/mol. The predicted octanol–water partition coefficient (Wildman–Crippen LogP) is 2.37. The summed E-state index contributed by atoms with van der Waals surface area (Å²) in [7, 11) is 0. The molecule has 0 aliphatic heterocycles. The summed E-state index contributed by atoms with van der Waals surface area (Å²) in [6.07, 6.45) is 0. The zero-order chi connectivity index (χ0) is 11.7. The summed E-state index contributed by atoms with van der Waals surface area (Å²) < 4.78 is 25.8. The van der Waals surface area contributed by atoms with E-state index in [2.05, 4.69) is 10.2 Å². The molecule has 0 amide bonds. The van der Waals surface area contributed by atoms with Gasteiger partial charge < -0.3 is 0 Å². The number of nitrogens with zero attached hydrogens (tertiary/aromatic N) is 1. The summed E-state index contributed by atoms with van der Waals surface area (Å²) >= 11 is 5.74. The molecule has 0 fully saturated rings. The molecule has 0 spiro atoms. The maximum Gasteiger partial charge on any atom is 0.264 e. The van der Waals surface area contributed by atoms with Crippen LogP contribution in [0.5, 0.6) is 0 Å². The molecule has 0 radical (unpaired) electrons. The summed E-state index contributed by atoms with van der Waals surface area (Å²) in [4.78, 5) is 10.8. The lowest BCUT2D eigenvalue weighted by molar-refractivity contribution is 0.509. The molecule has 0 aliphatic carbocycles. The van der Waals surface area contributed by atoms with Gasteiger partial charge in [0.05, 0.1) is 10.7 Å². The molecule has 0 bridgehead atoms. The van der Waals surface area contributed by atoms with E-state index >= 15 is 0 Å². The van der Waals surface area contributed by atoms with Crippen molar-refractivity contribution in [1.82, 2.24) is 10.2 Å². The Labute approximate surface area is 93.7 Å². The van der Waals surface area contributed by atoms with E-state index < -0.39 is 11.6 Å². The van der Waals surface area contributed by atoms with Crippen LogP contribution in [0, 0.1) is 11.6 Å². The van der Waals surface area contributed by atoms with Crippen LogP contribution in [0.3, 0.4) is 0 Å². The van der Waals surface area contributed by atoms with Crippen molar-refractivity contribution in [2.45, 2.75) is 0 Å². The summed E-state index contributed by atoms with van der Waals surface area (Å²) in [5.74, 6) is -2.05. The average Bonchev–Trinajstić information content (AvgIpc) is 2.25. The van der Waals surface area contributed by atoms with Crippen LogP contribution in [0.2, 0.25) is 5.02 Å². The van der Waals surface area contributed by atoms with Crippen molar-refractivity contribution >= 4 is 11.6 Å². The number of H-pyrrole nitrogens is 1. The van der Waals surface area contributed by atoms with Gasteiger partial charge in [0.25, 0.3) is 5.56 Å². The third-order valence-electron chi connectivity index (χ3n) is 1.97. The Bertz CT molecular complexity index is 577. The number of halogens is 3. The molecule has 2 rings (SSSR count). The van der Waals surface area contributed by atoms with Crippen LogP contribution in [0.15, 0.2) is 29.1 Å². The molecule has 1 heterocycles. The number of hydrogen-bond acceptors (Lipinski definition) is 2. The highest BCUT2D eigenvalue weighted by molar-refractivity contribution is 6.33. The molecule has 16 heavy (non-hydrogen) atoms. The fourth-order valence-electron chi connectivity index (χ4n) is 1.21. The van der Waals surface area contributed by atoms with E-state index in [4.69, 9.17) is 11.6 Å². The first-order chi connectivity index (χ1) is 7.58. The number of benzene rings is 1. The van der Waals surface area contributed by atoms with Crippen LogP contribution < -0.4 is 5.56 Å². The molecule has 0 atom stereocenters. The number of nitrogens with one attached hydrogen (secondary N) is 1. The molecule has 0 aliphatic rings. The second kappa shape index (κ2) is 4.02.